The number of nitrogens with one attached hydrogen (secondary N) is 1. The van der Waals surface area contributed by atoms with E-state index in [1.54, 1.807) is 12.4 Å². The highest BCUT2D eigenvalue weighted by atomic mass is 16.5. The quantitative estimate of drug-likeness (QED) is 0.777. The van der Waals surface area contributed by atoms with Crippen LogP contribution < -0.4 is 9.64 Å². The molecule has 136 valence electrons. The minimum atomic E-state index is 0.0688. The first-order valence-electron chi connectivity index (χ1n) is 8.94. The summed E-state index contributed by atoms with van der Waals surface area (Å²) in [6, 6.07) is 6.14. The van der Waals surface area contributed by atoms with Crippen LogP contribution in [0.2, 0.25) is 0 Å². The molecule has 0 unspecified atom stereocenters. The number of rotatable bonds is 4. The molecule has 26 heavy (non-hydrogen) atoms. The van der Waals surface area contributed by atoms with Crippen molar-refractivity contribution in [2.24, 2.45) is 0 Å². The summed E-state index contributed by atoms with van der Waals surface area (Å²) >= 11 is 0. The predicted octanol–water partition coefficient (Wildman–Crippen LogP) is 3.03. The van der Waals surface area contributed by atoms with Crippen LogP contribution in [0.25, 0.3) is 22.3 Å². The van der Waals surface area contributed by atoms with Crippen LogP contribution in [-0.4, -0.2) is 52.1 Å². The van der Waals surface area contributed by atoms with Crippen LogP contribution in [0.4, 0.5) is 5.82 Å². The number of nitrogens with zero attached hydrogens (tertiary/aromatic N) is 4. The van der Waals surface area contributed by atoms with Crippen molar-refractivity contribution in [1.29, 1.82) is 0 Å². The molecule has 1 saturated heterocycles. The molecular weight excluding hydrogens is 330 g/mol. The number of hydrogen-bond donors (Lipinski definition) is 1. The van der Waals surface area contributed by atoms with Gasteiger partial charge in [-0.1, -0.05) is 0 Å². The van der Waals surface area contributed by atoms with Gasteiger partial charge in [0.05, 0.1) is 31.1 Å². The Morgan fingerprint density at radius 2 is 2.19 bits per heavy atom. The van der Waals surface area contributed by atoms with Crippen LogP contribution in [0.3, 0.4) is 0 Å². The lowest BCUT2D eigenvalue weighted by atomic mass is 10.1. The number of ether oxygens (including phenoxy) is 2. The molecule has 1 fully saturated rings. The molecule has 0 aromatic carbocycles. The Balaban J connectivity index is 1.91. The monoisotopic (exact) mass is 353 g/mol. The molecule has 0 amide bonds. The fraction of sp³-hybridized carbons (Fsp3) is 0.421. The molecule has 1 aliphatic heterocycles. The van der Waals surface area contributed by atoms with Crippen molar-refractivity contribution in [3.8, 4) is 17.1 Å². The van der Waals surface area contributed by atoms with E-state index >= 15 is 0 Å². The molecule has 0 radical (unpaired) electrons. The molecule has 4 rings (SSSR count). The molecule has 1 N–H and O–H groups in total. The number of aromatic nitrogens is 4. The van der Waals surface area contributed by atoms with Crippen molar-refractivity contribution in [1.82, 2.24) is 20.2 Å². The number of morpholine rings is 1. The molecule has 0 saturated carbocycles. The summed E-state index contributed by atoms with van der Waals surface area (Å²) in [7, 11) is 0. The third-order valence-corrected chi connectivity index (χ3v) is 4.46. The molecule has 7 heteroatoms. The second-order valence-electron chi connectivity index (χ2n) is 6.79. The third-order valence-electron chi connectivity index (χ3n) is 4.46. The SMILES string of the molecule is CC(C)Oc1cc(N2CCOC[C@@H]2C)nc2c(-c3ccn[nH]3)nccc12. The maximum Gasteiger partial charge on any atom is 0.133 e. The first-order chi connectivity index (χ1) is 12.6. The minimum absolute atomic E-state index is 0.0688. The van der Waals surface area contributed by atoms with Gasteiger partial charge in [-0.25, -0.2) is 4.98 Å². The van der Waals surface area contributed by atoms with E-state index in [1.165, 1.54) is 0 Å². The Kier molecular flexibility index (Phi) is 4.46. The van der Waals surface area contributed by atoms with E-state index in [0.717, 1.165) is 40.4 Å². The fourth-order valence-corrected chi connectivity index (χ4v) is 3.26. The summed E-state index contributed by atoms with van der Waals surface area (Å²) in [6.45, 7) is 8.40. The normalized spacial score (nSPS) is 17.8. The zero-order chi connectivity index (χ0) is 18.1. The summed E-state index contributed by atoms with van der Waals surface area (Å²) in [5.41, 5.74) is 2.42. The van der Waals surface area contributed by atoms with Crippen molar-refractivity contribution in [2.75, 3.05) is 24.7 Å². The highest BCUT2D eigenvalue weighted by molar-refractivity contribution is 5.95. The van der Waals surface area contributed by atoms with E-state index in [1.807, 2.05) is 32.0 Å². The molecule has 0 aliphatic carbocycles. The number of fused-ring (bicyclic) bond motifs is 1. The van der Waals surface area contributed by atoms with E-state index in [0.29, 0.717) is 13.2 Å². The van der Waals surface area contributed by atoms with Crippen LogP contribution in [0.5, 0.6) is 5.75 Å². The van der Waals surface area contributed by atoms with Crippen LogP contribution in [0.1, 0.15) is 20.8 Å². The molecule has 4 heterocycles. The van der Waals surface area contributed by atoms with Crippen LogP contribution in [0.15, 0.2) is 30.6 Å². The molecule has 1 atom stereocenters. The van der Waals surface area contributed by atoms with Crippen LogP contribution in [-0.2, 0) is 4.74 Å². The summed E-state index contributed by atoms with van der Waals surface area (Å²) in [5.74, 6) is 1.71. The summed E-state index contributed by atoms with van der Waals surface area (Å²) in [6.07, 6.45) is 3.57. The topological polar surface area (TPSA) is 76.2 Å². The fourth-order valence-electron chi connectivity index (χ4n) is 3.26. The first kappa shape index (κ1) is 16.8. The van der Waals surface area contributed by atoms with Gasteiger partial charge >= 0.3 is 0 Å². The van der Waals surface area contributed by atoms with Crippen LogP contribution in [0, 0.1) is 0 Å². The second-order valence-corrected chi connectivity index (χ2v) is 6.79. The second kappa shape index (κ2) is 6.92. The summed E-state index contributed by atoms with van der Waals surface area (Å²) < 4.78 is 11.7. The molecule has 0 spiro atoms. The lowest BCUT2D eigenvalue weighted by molar-refractivity contribution is 0.0985. The smallest absolute Gasteiger partial charge is 0.133 e. The average molecular weight is 353 g/mol. The number of aromatic amines is 1. The van der Waals surface area contributed by atoms with Crippen molar-refractivity contribution >= 4 is 16.7 Å². The zero-order valence-corrected chi connectivity index (χ0v) is 15.3. The third kappa shape index (κ3) is 3.10. The number of anilines is 1. The van der Waals surface area contributed by atoms with Gasteiger partial charge in [0.1, 0.15) is 22.8 Å². The highest BCUT2D eigenvalue weighted by Gasteiger charge is 2.23. The van der Waals surface area contributed by atoms with E-state index in [2.05, 4.69) is 27.0 Å². The van der Waals surface area contributed by atoms with Crippen molar-refractivity contribution < 1.29 is 9.47 Å². The summed E-state index contributed by atoms with van der Waals surface area (Å²) in [5, 5.41) is 7.98. The molecule has 1 aliphatic rings. The van der Waals surface area contributed by atoms with E-state index in [9.17, 15) is 0 Å². The van der Waals surface area contributed by atoms with Gasteiger partial charge in [-0.15, -0.1) is 0 Å². The maximum absolute atomic E-state index is 6.12. The van der Waals surface area contributed by atoms with Crippen molar-refractivity contribution in [3.05, 3.63) is 30.6 Å². The largest absolute Gasteiger partial charge is 0.490 e. The Morgan fingerprint density at radius 3 is 2.92 bits per heavy atom. The molecule has 0 bridgehead atoms. The van der Waals surface area contributed by atoms with Gasteiger partial charge in [0.25, 0.3) is 0 Å². The van der Waals surface area contributed by atoms with Gasteiger partial charge in [-0.05, 0) is 32.9 Å². The van der Waals surface area contributed by atoms with Crippen molar-refractivity contribution in [2.45, 2.75) is 32.9 Å². The van der Waals surface area contributed by atoms with Crippen LogP contribution >= 0.6 is 0 Å². The lowest BCUT2D eigenvalue weighted by Crippen LogP contribution is -2.44. The Bertz CT molecular complexity index is 894. The maximum atomic E-state index is 6.12. The summed E-state index contributed by atoms with van der Waals surface area (Å²) in [4.78, 5) is 11.8. The number of pyridine rings is 2. The van der Waals surface area contributed by atoms with Gasteiger partial charge in [0.15, 0.2) is 0 Å². The standard InChI is InChI=1S/C19H23N5O2/c1-12(2)26-16-10-17(24-8-9-25-11-13(24)3)22-18-14(16)4-6-20-19(18)15-5-7-21-23-15/h4-7,10,12-13H,8-9,11H2,1-3H3,(H,21,23)/t13-/m0/s1. The minimum Gasteiger partial charge on any atom is -0.490 e. The first-order valence-corrected chi connectivity index (χ1v) is 8.94. The van der Waals surface area contributed by atoms with Gasteiger partial charge in [0, 0.05) is 30.4 Å². The Morgan fingerprint density at radius 1 is 1.31 bits per heavy atom. The Hall–Kier alpha value is -2.67. The Labute approximate surface area is 152 Å². The van der Waals surface area contributed by atoms with Gasteiger partial charge < -0.3 is 14.4 Å². The highest BCUT2D eigenvalue weighted by Crippen LogP contribution is 2.34. The van der Waals surface area contributed by atoms with E-state index in [4.69, 9.17) is 14.5 Å². The molecular formula is C19H23N5O2. The molecule has 3 aromatic rings. The van der Waals surface area contributed by atoms with E-state index < -0.39 is 0 Å². The molecule has 7 nitrogen and oxygen atoms in total. The van der Waals surface area contributed by atoms with Gasteiger partial charge in [-0.2, -0.15) is 5.10 Å². The lowest BCUT2D eigenvalue weighted by Gasteiger charge is -2.34. The average Bonchev–Trinajstić information content (AvgIpc) is 3.15. The van der Waals surface area contributed by atoms with Gasteiger partial charge in [-0.3, -0.25) is 10.1 Å². The van der Waals surface area contributed by atoms with E-state index in [-0.39, 0.29) is 12.1 Å². The zero-order valence-electron chi connectivity index (χ0n) is 15.3. The van der Waals surface area contributed by atoms with Gasteiger partial charge in [0.2, 0.25) is 0 Å². The van der Waals surface area contributed by atoms with Crippen molar-refractivity contribution in [3.63, 3.8) is 0 Å². The number of hydrogen-bond acceptors (Lipinski definition) is 6. The molecule has 3 aromatic heterocycles. The predicted molar refractivity (Wildman–Crippen MR) is 101 cm³/mol. The number of H-pyrrole nitrogens is 1.